The maximum Gasteiger partial charge on any atom is 0.203 e. The van der Waals surface area contributed by atoms with E-state index in [-0.39, 0.29) is 0 Å². The molecule has 1 rings (SSSR count). The zero-order chi connectivity index (χ0) is 14.3. The molecule has 0 fully saturated rings. The van der Waals surface area contributed by atoms with Crippen LogP contribution in [0.3, 0.4) is 0 Å². The second-order valence-corrected chi connectivity index (χ2v) is 4.25. The van der Waals surface area contributed by atoms with Crippen molar-refractivity contribution in [3.05, 3.63) is 29.8 Å². The van der Waals surface area contributed by atoms with Crippen molar-refractivity contribution in [3.63, 3.8) is 0 Å². The second-order valence-electron chi connectivity index (χ2n) is 4.25. The van der Waals surface area contributed by atoms with E-state index in [1.807, 2.05) is 19.2 Å². The molecule has 0 aliphatic rings. The van der Waals surface area contributed by atoms with E-state index in [0.717, 1.165) is 24.1 Å². The van der Waals surface area contributed by atoms with Crippen molar-refractivity contribution in [2.75, 3.05) is 27.9 Å². The normalized spacial score (nSPS) is 10.1. The molecule has 1 N–H and O–H groups in total. The van der Waals surface area contributed by atoms with Crippen LogP contribution < -0.4 is 19.5 Å². The third-order valence-electron chi connectivity index (χ3n) is 2.82. The van der Waals surface area contributed by atoms with Crippen LogP contribution in [0.5, 0.6) is 17.2 Å². The predicted octanol–water partition coefficient (Wildman–Crippen LogP) is 2.77. The number of hydrogen-bond donors (Lipinski definition) is 1. The summed E-state index contributed by atoms with van der Waals surface area (Å²) in [6.45, 7) is 7.19. The molecule has 0 amide bonds. The average molecular weight is 265 g/mol. The van der Waals surface area contributed by atoms with Gasteiger partial charge in [-0.3, -0.25) is 0 Å². The highest BCUT2D eigenvalue weighted by molar-refractivity contribution is 5.54. The van der Waals surface area contributed by atoms with Crippen LogP contribution >= 0.6 is 0 Å². The summed E-state index contributed by atoms with van der Waals surface area (Å²) in [4.78, 5) is 0. The molecule has 0 aromatic heterocycles. The molecule has 0 radical (unpaired) electrons. The first kappa shape index (κ1) is 15.4. The predicted molar refractivity (Wildman–Crippen MR) is 77.2 cm³/mol. The van der Waals surface area contributed by atoms with E-state index in [4.69, 9.17) is 14.2 Å². The fourth-order valence-corrected chi connectivity index (χ4v) is 1.66. The summed E-state index contributed by atoms with van der Waals surface area (Å²) < 4.78 is 16.5. The summed E-state index contributed by atoms with van der Waals surface area (Å²) in [5.41, 5.74) is 2.11. The Hall–Kier alpha value is -1.68. The van der Waals surface area contributed by atoms with Gasteiger partial charge in [0.1, 0.15) is 6.61 Å². The van der Waals surface area contributed by atoms with Gasteiger partial charge in [-0.05, 0) is 36.7 Å². The molecule has 0 bridgehead atoms. The third kappa shape index (κ3) is 4.17. The Bertz CT molecular complexity index is 404. The van der Waals surface area contributed by atoms with Crippen LogP contribution in [0.2, 0.25) is 0 Å². The Morgan fingerprint density at radius 2 is 1.79 bits per heavy atom. The first-order chi connectivity index (χ1) is 9.15. The van der Waals surface area contributed by atoms with Crippen molar-refractivity contribution in [1.29, 1.82) is 0 Å². The number of ether oxygens (including phenoxy) is 3. The van der Waals surface area contributed by atoms with Crippen molar-refractivity contribution in [2.24, 2.45) is 0 Å². The summed E-state index contributed by atoms with van der Waals surface area (Å²) in [7, 11) is 5.15. The van der Waals surface area contributed by atoms with Gasteiger partial charge >= 0.3 is 0 Å². The molecule has 0 atom stereocenters. The highest BCUT2D eigenvalue weighted by Crippen LogP contribution is 2.38. The van der Waals surface area contributed by atoms with E-state index >= 15 is 0 Å². The molecule has 4 nitrogen and oxygen atoms in total. The number of nitrogens with one attached hydrogen (secondary N) is 1. The van der Waals surface area contributed by atoms with Gasteiger partial charge in [0.15, 0.2) is 11.5 Å². The molecular weight excluding hydrogens is 242 g/mol. The first-order valence-electron chi connectivity index (χ1n) is 6.35. The fraction of sp³-hybridized carbons (Fsp3) is 0.467. The molecule has 0 spiro atoms. The van der Waals surface area contributed by atoms with Gasteiger partial charge in [0.05, 0.1) is 14.2 Å². The van der Waals surface area contributed by atoms with Crippen LogP contribution in [0, 0.1) is 0 Å². The molecule has 19 heavy (non-hydrogen) atoms. The van der Waals surface area contributed by atoms with Gasteiger partial charge in [-0.1, -0.05) is 13.5 Å². The molecule has 106 valence electrons. The summed E-state index contributed by atoms with van der Waals surface area (Å²) in [5, 5.41) is 3.10. The fourth-order valence-electron chi connectivity index (χ4n) is 1.66. The van der Waals surface area contributed by atoms with E-state index in [1.165, 1.54) is 0 Å². The van der Waals surface area contributed by atoms with E-state index in [2.05, 4.69) is 18.8 Å². The van der Waals surface area contributed by atoms with Crippen molar-refractivity contribution in [1.82, 2.24) is 5.32 Å². The monoisotopic (exact) mass is 265 g/mol. The van der Waals surface area contributed by atoms with Gasteiger partial charge in [0.2, 0.25) is 5.75 Å². The topological polar surface area (TPSA) is 39.7 Å². The molecule has 4 heteroatoms. The average Bonchev–Trinajstić information content (AvgIpc) is 2.44. The lowest BCUT2D eigenvalue weighted by Gasteiger charge is -2.16. The van der Waals surface area contributed by atoms with E-state index in [1.54, 1.807) is 14.2 Å². The molecule has 0 unspecified atom stereocenters. The van der Waals surface area contributed by atoms with Gasteiger partial charge in [-0.25, -0.2) is 0 Å². The van der Waals surface area contributed by atoms with Crippen LogP contribution in [-0.2, 0) is 6.54 Å². The Morgan fingerprint density at radius 1 is 1.21 bits per heavy atom. The number of hydrogen-bond acceptors (Lipinski definition) is 4. The van der Waals surface area contributed by atoms with Gasteiger partial charge in [0.25, 0.3) is 0 Å². The Balaban J connectivity index is 3.02. The van der Waals surface area contributed by atoms with Crippen LogP contribution in [-0.4, -0.2) is 27.9 Å². The minimum absolute atomic E-state index is 0.467. The Morgan fingerprint density at radius 3 is 2.21 bits per heavy atom. The number of methoxy groups -OCH3 is 2. The van der Waals surface area contributed by atoms with Crippen LogP contribution in [0.25, 0.3) is 0 Å². The molecular formula is C15H23NO3. The van der Waals surface area contributed by atoms with Gasteiger partial charge in [0, 0.05) is 6.54 Å². The molecule has 0 saturated carbocycles. The molecule has 0 aliphatic heterocycles. The highest BCUT2D eigenvalue weighted by atomic mass is 16.5. The van der Waals surface area contributed by atoms with E-state index in [9.17, 15) is 0 Å². The maximum atomic E-state index is 5.77. The van der Waals surface area contributed by atoms with Crippen molar-refractivity contribution in [2.45, 2.75) is 19.9 Å². The Kier molecular flexibility index (Phi) is 6.22. The van der Waals surface area contributed by atoms with Crippen molar-refractivity contribution < 1.29 is 14.2 Å². The minimum atomic E-state index is 0.467. The zero-order valence-corrected chi connectivity index (χ0v) is 12.2. The second kappa shape index (κ2) is 7.69. The molecule has 0 saturated heterocycles. The third-order valence-corrected chi connectivity index (χ3v) is 2.82. The van der Waals surface area contributed by atoms with Crippen molar-refractivity contribution in [3.8, 4) is 17.2 Å². The van der Waals surface area contributed by atoms with Gasteiger partial charge < -0.3 is 19.5 Å². The van der Waals surface area contributed by atoms with Crippen LogP contribution in [0.1, 0.15) is 18.9 Å². The maximum absolute atomic E-state index is 5.77. The highest BCUT2D eigenvalue weighted by Gasteiger charge is 2.14. The van der Waals surface area contributed by atoms with E-state index < -0.39 is 0 Å². The molecule has 0 heterocycles. The van der Waals surface area contributed by atoms with Crippen LogP contribution in [0.15, 0.2) is 24.3 Å². The minimum Gasteiger partial charge on any atom is -0.493 e. The summed E-state index contributed by atoms with van der Waals surface area (Å²) >= 11 is 0. The standard InChI is InChI=1S/C15H23NO3/c1-6-11(2)10-19-15-13(17-4)7-12(9-16-3)8-14(15)18-5/h7-8,16H,2,6,9-10H2,1,3-5H3. The smallest absolute Gasteiger partial charge is 0.203 e. The molecule has 1 aromatic rings. The first-order valence-corrected chi connectivity index (χ1v) is 6.35. The molecule has 0 aliphatic carbocycles. The quantitative estimate of drug-likeness (QED) is 0.734. The summed E-state index contributed by atoms with van der Waals surface area (Å²) in [5.74, 6) is 1.97. The number of benzene rings is 1. The SMILES string of the molecule is C=C(CC)COc1c(OC)cc(CNC)cc1OC. The van der Waals surface area contributed by atoms with E-state index in [0.29, 0.717) is 23.9 Å². The lowest BCUT2D eigenvalue weighted by atomic mass is 10.1. The zero-order valence-electron chi connectivity index (χ0n) is 12.2. The lowest BCUT2D eigenvalue weighted by molar-refractivity contribution is 0.293. The van der Waals surface area contributed by atoms with Gasteiger partial charge in [-0.2, -0.15) is 0 Å². The Labute approximate surface area is 115 Å². The van der Waals surface area contributed by atoms with Gasteiger partial charge in [-0.15, -0.1) is 0 Å². The largest absolute Gasteiger partial charge is 0.493 e. The van der Waals surface area contributed by atoms with Crippen molar-refractivity contribution >= 4 is 0 Å². The molecule has 1 aromatic carbocycles. The lowest BCUT2D eigenvalue weighted by Crippen LogP contribution is -2.07. The number of rotatable bonds is 8. The summed E-state index contributed by atoms with van der Waals surface area (Å²) in [6, 6.07) is 3.89. The summed E-state index contributed by atoms with van der Waals surface area (Å²) in [6.07, 6.45) is 0.891. The van der Waals surface area contributed by atoms with Crippen LogP contribution in [0.4, 0.5) is 0 Å².